The van der Waals surface area contributed by atoms with E-state index < -0.39 is 35.2 Å². The first-order chi connectivity index (χ1) is 19.5. The van der Waals surface area contributed by atoms with Crippen LogP contribution in [0.2, 0.25) is 0 Å². The van der Waals surface area contributed by atoms with Gasteiger partial charge in [-0.15, -0.1) is 23.1 Å². The van der Waals surface area contributed by atoms with Crippen molar-refractivity contribution in [2.45, 2.75) is 32.2 Å². The lowest BCUT2D eigenvalue weighted by Crippen LogP contribution is -2.71. The van der Waals surface area contributed by atoms with Gasteiger partial charge in [0.25, 0.3) is 11.8 Å². The van der Waals surface area contributed by atoms with Gasteiger partial charge in [-0.2, -0.15) is 0 Å². The zero-order valence-electron chi connectivity index (χ0n) is 23.0. The number of hydrogen-bond donors (Lipinski definition) is 2. The Balaban J connectivity index is 1.53. The van der Waals surface area contributed by atoms with Crippen molar-refractivity contribution in [2.24, 2.45) is 12.2 Å². The summed E-state index contributed by atoms with van der Waals surface area (Å²) in [5, 5.41) is 20.5. The van der Waals surface area contributed by atoms with E-state index in [0.29, 0.717) is 21.3 Å². The van der Waals surface area contributed by atoms with Crippen molar-refractivity contribution in [2.75, 3.05) is 43.2 Å². The Hall–Kier alpha value is -3.70. The molecular formula is C24H29N7O7S3. The van der Waals surface area contributed by atoms with E-state index in [0.717, 1.165) is 16.2 Å². The summed E-state index contributed by atoms with van der Waals surface area (Å²) >= 11 is 3.67. The largest absolute Gasteiger partial charge is 0.543 e. The van der Waals surface area contributed by atoms with Crippen molar-refractivity contribution in [3.63, 3.8) is 0 Å². The first kappa shape index (κ1) is 30.3. The van der Waals surface area contributed by atoms with E-state index in [1.54, 1.807) is 45.1 Å². The summed E-state index contributed by atoms with van der Waals surface area (Å²) in [6.45, 7) is 5.84. The number of rotatable bonds is 11. The average Bonchev–Trinajstić information content (AvgIpc) is 3.49. The number of carboxylic acids is 1. The molecule has 0 radical (unpaired) electrons. The van der Waals surface area contributed by atoms with Crippen LogP contribution in [0.3, 0.4) is 0 Å². The summed E-state index contributed by atoms with van der Waals surface area (Å²) < 4.78 is 6.97. The van der Waals surface area contributed by atoms with Gasteiger partial charge in [0, 0.05) is 16.7 Å². The Bertz CT molecular complexity index is 1450. The van der Waals surface area contributed by atoms with E-state index >= 15 is 0 Å². The van der Waals surface area contributed by atoms with Crippen LogP contribution in [0, 0.1) is 6.92 Å². The quantitative estimate of drug-likeness (QED) is 0.107. The van der Waals surface area contributed by atoms with Crippen molar-refractivity contribution < 1.29 is 38.4 Å². The number of β-lactam (4-membered cyclic amide) rings is 1. The number of oxime groups is 1. The molecule has 17 heteroatoms. The number of thioether (sulfide) groups is 1. The summed E-state index contributed by atoms with van der Waals surface area (Å²) in [4.78, 5) is 63.3. The Kier molecular flexibility index (Phi) is 9.18. The van der Waals surface area contributed by atoms with E-state index in [2.05, 4.69) is 15.5 Å². The molecule has 14 nitrogen and oxygen atoms in total. The molecule has 0 saturated carbocycles. The molecule has 2 aromatic rings. The van der Waals surface area contributed by atoms with E-state index in [1.807, 2.05) is 4.57 Å². The van der Waals surface area contributed by atoms with Gasteiger partial charge < -0.3 is 30.5 Å². The summed E-state index contributed by atoms with van der Waals surface area (Å²) in [5.74, 6) is -2.94. The summed E-state index contributed by atoms with van der Waals surface area (Å²) in [7, 11) is 3.57. The van der Waals surface area contributed by atoms with Gasteiger partial charge in [0.05, 0.1) is 32.4 Å². The second-order valence-corrected chi connectivity index (χ2v) is 11.9. The van der Waals surface area contributed by atoms with Gasteiger partial charge in [-0.05, 0) is 32.1 Å². The number of fused-ring (bicyclic) bond motifs is 1. The molecule has 2 aliphatic heterocycles. The highest BCUT2D eigenvalue weighted by atomic mass is 32.2. The van der Waals surface area contributed by atoms with Crippen LogP contribution in [0.1, 0.15) is 34.9 Å². The number of nitrogens with two attached hydrogens (primary N) is 1. The maximum absolute atomic E-state index is 13.2. The highest BCUT2D eigenvalue weighted by Gasteiger charge is 2.53. The van der Waals surface area contributed by atoms with Crippen molar-refractivity contribution >= 4 is 74.2 Å². The molecule has 0 aromatic carbocycles. The van der Waals surface area contributed by atoms with Crippen LogP contribution < -0.4 is 25.6 Å². The molecule has 1 unspecified atom stereocenters. The van der Waals surface area contributed by atoms with Gasteiger partial charge in [0.2, 0.25) is 0 Å². The molecule has 3 N–H and O–H groups in total. The van der Waals surface area contributed by atoms with E-state index in [-0.39, 0.29) is 47.7 Å². The third-order valence-corrected chi connectivity index (χ3v) is 9.77. The highest BCUT2D eigenvalue weighted by molar-refractivity contribution is 8.00. The molecule has 0 aliphatic carbocycles. The predicted molar refractivity (Wildman–Crippen MR) is 151 cm³/mol. The number of esters is 1. The van der Waals surface area contributed by atoms with Crippen molar-refractivity contribution in [1.29, 1.82) is 0 Å². The predicted octanol–water partition coefficient (Wildman–Crippen LogP) is -0.623. The minimum Gasteiger partial charge on any atom is -0.543 e. The molecule has 4 rings (SSSR count). The number of aromatic nitrogens is 2. The van der Waals surface area contributed by atoms with Crippen LogP contribution in [0.15, 0.2) is 21.8 Å². The molecule has 2 aliphatic rings. The lowest BCUT2D eigenvalue weighted by Gasteiger charge is -2.50. The number of nitrogen functional groups attached to an aromatic ring is 1. The molecule has 41 heavy (non-hydrogen) atoms. The van der Waals surface area contributed by atoms with E-state index in [9.17, 15) is 24.3 Å². The van der Waals surface area contributed by atoms with Crippen LogP contribution in [-0.4, -0.2) is 83.3 Å². The number of carbonyl (C=O) groups excluding carboxylic acids is 4. The Morgan fingerprint density at radius 3 is 2.68 bits per heavy atom. The molecule has 1 fully saturated rings. The number of ether oxygens (including phenoxy) is 1. The number of thiazole rings is 2. The van der Waals surface area contributed by atoms with Crippen LogP contribution in [0.5, 0.6) is 0 Å². The van der Waals surface area contributed by atoms with Crippen LogP contribution in [0.4, 0.5) is 10.3 Å². The van der Waals surface area contributed by atoms with Crippen molar-refractivity contribution in [3.05, 3.63) is 32.9 Å². The molecule has 2 atom stereocenters. The SMILES string of the molecule is CCO/N=C(/C(=O)NC1C(=O)N2C(C(=O)[O-])=C(CN(C)c3sc(C(=O)OCC)c(C)[n+]3C)CS[C@H]12)c1csc(N)n1. The fourth-order valence-electron chi connectivity index (χ4n) is 4.34. The monoisotopic (exact) mass is 623 g/mol. The molecule has 0 spiro atoms. The first-order valence-corrected chi connectivity index (χ1v) is 15.2. The normalized spacial score (nSPS) is 18.5. The average molecular weight is 624 g/mol. The third kappa shape index (κ3) is 5.87. The molecule has 1 saturated heterocycles. The molecular weight excluding hydrogens is 595 g/mol. The van der Waals surface area contributed by atoms with Gasteiger partial charge in [-0.25, -0.2) is 14.3 Å². The number of aliphatic carboxylic acids is 1. The van der Waals surface area contributed by atoms with Gasteiger partial charge >= 0.3 is 11.1 Å². The lowest BCUT2D eigenvalue weighted by atomic mass is 10.0. The second-order valence-electron chi connectivity index (χ2n) is 8.96. The smallest absolute Gasteiger partial charge is 0.352 e. The molecule has 0 bridgehead atoms. The minimum absolute atomic E-state index is 0.147. The molecule has 4 heterocycles. The Morgan fingerprint density at radius 1 is 1.34 bits per heavy atom. The van der Waals surface area contributed by atoms with Gasteiger partial charge in [0.15, 0.2) is 15.7 Å². The Labute approximate surface area is 247 Å². The summed E-state index contributed by atoms with van der Waals surface area (Å²) in [6.07, 6.45) is 0. The van der Waals surface area contributed by atoms with Crippen LogP contribution in [0.25, 0.3) is 0 Å². The van der Waals surface area contributed by atoms with Crippen LogP contribution >= 0.6 is 34.4 Å². The number of anilines is 2. The second kappa shape index (κ2) is 12.4. The zero-order valence-corrected chi connectivity index (χ0v) is 25.4. The van der Waals surface area contributed by atoms with Gasteiger partial charge in [-0.1, -0.05) is 5.16 Å². The Morgan fingerprint density at radius 2 is 2.07 bits per heavy atom. The number of carbonyl (C=O) groups is 4. The standard InChI is InChI=1S/C24H29N7O7S3/c1-6-37-22(36)17-11(3)30(5)24(41-17)29(4)8-12-9-39-20-15(19(33)31(20)16(12)21(34)35)27-18(32)14(28-38-7-2)13-10-40-23(25)26-13/h10,15,20H,6-9H2,1-5H3,(H3-,25,26,27,32,34,35)/b28-14+/t15?,20-/m1/s1. The topological polar surface area (TPSA) is 183 Å². The van der Waals surface area contributed by atoms with Gasteiger partial charge in [-0.3, -0.25) is 19.4 Å². The summed E-state index contributed by atoms with van der Waals surface area (Å²) in [5.41, 5.74) is 6.69. The summed E-state index contributed by atoms with van der Waals surface area (Å²) in [6, 6.07) is -0.992. The highest BCUT2D eigenvalue weighted by Crippen LogP contribution is 2.40. The minimum atomic E-state index is -1.49. The lowest BCUT2D eigenvalue weighted by molar-refractivity contribution is -0.660. The first-order valence-electron chi connectivity index (χ1n) is 12.5. The van der Waals surface area contributed by atoms with Crippen molar-refractivity contribution in [3.8, 4) is 0 Å². The zero-order chi connectivity index (χ0) is 30.0. The fraction of sp³-hybridized carbons (Fsp3) is 0.458. The fourth-order valence-corrected chi connectivity index (χ4v) is 7.32. The maximum atomic E-state index is 13.2. The molecule has 2 amide bonds. The van der Waals surface area contributed by atoms with E-state index in [1.165, 1.54) is 23.1 Å². The van der Waals surface area contributed by atoms with Crippen LogP contribution in [-0.2, 0) is 31.0 Å². The van der Waals surface area contributed by atoms with E-state index in [4.69, 9.17) is 15.3 Å². The number of nitrogens with one attached hydrogen (secondary N) is 1. The maximum Gasteiger partial charge on any atom is 0.352 e. The number of nitrogens with zero attached hydrogens (tertiary/aromatic N) is 5. The number of carboxylic acid groups (broad SMARTS) is 1. The number of amides is 2. The molecule has 220 valence electrons. The third-order valence-electron chi connectivity index (χ3n) is 6.32. The van der Waals surface area contributed by atoms with Crippen molar-refractivity contribution in [1.82, 2.24) is 15.2 Å². The number of hydrogen-bond acceptors (Lipinski definition) is 14. The van der Waals surface area contributed by atoms with Gasteiger partial charge in [0.1, 0.15) is 36.0 Å². The molecule has 2 aromatic heterocycles. The number of likely N-dealkylation sites (N-methyl/N-ethyl adjacent to an activating group) is 1.